The van der Waals surface area contributed by atoms with Crippen LogP contribution in [0.2, 0.25) is 0 Å². The molecular weight excluding hydrogens is 178 g/mol. The molecule has 74 valence electrons. The minimum Gasteiger partial charge on any atom is -0.473 e. The second kappa shape index (κ2) is 3.80. The van der Waals surface area contributed by atoms with E-state index in [-0.39, 0.29) is 6.23 Å². The Bertz CT molecular complexity index is 360. The van der Waals surface area contributed by atoms with Gasteiger partial charge in [-0.2, -0.15) is 0 Å². The second-order valence-electron chi connectivity index (χ2n) is 3.31. The van der Waals surface area contributed by atoms with Gasteiger partial charge < -0.3 is 9.47 Å². The van der Waals surface area contributed by atoms with Gasteiger partial charge in [-0.3, -0.25) is 0 Å². The topological polar surface area (TPSA) is 30.8 Å². The van der Waals surface area contributed by atoms with Crippen molar-refractivity contribution >= 4 is 5.90 Å². The third kappa shape index (κ3) is 1.77. The SMILES string of the molecule is COC1COC(c2cccc(C)c2)=N1. The Hall–Kier alpha value is -1.35. The average molecular weight is 191 g/mol. The highest BCUT2D eigenvalue weighted by Gasteiger charge is 2.18. The van der Waals surface area contributed by atoms with Crippen molar-refractivity contribution in [2.45, 2.75) is 13.2 Å². The molecule has 0 saturated heterocycles. The van der Waals surface area contributed by atoms with Gasteiger partial charge in [0.15, 0.2) is 6.23 Å². The first-order chi connectivity index (χ1) is 6.79. The lowest BCUT2D eigenvalue weighted by molar-refractivity contribution is 0.0833. The van der Waals surface area contributed by atoms with Crippen molar-refractivity contribution in [3.8, 4) is 0 Å². The zero-order valence-electron chi connectivity index (χ0n) is 8.36. The average Bonchev–Trinajstić information content (AvgIpc) is 2.66. The summed E-state index contributed by atoms with van der Waals surface area (Å²) in [4.78, 5) is 4.29. The maximum Gasteiger partial charge on any atom is 0.218 e. The van der Waals surface area contributed by atoms with Crippen molar-refractivity contribution in [3.63, 3.8) is 0 Å². The summed E-state index contributed by atoms with van der Waals surface area (Å²) in [5.74, 6) is 0.681. The summed E-state index contributed by atoms with van der Waals surface area (Å²) in [6.45, 7) is 2.56. The van der Waals surface area contributed by atoms with Crippen LogP contribution in [0, 0.1) is 6.92 Å². The number of hydrogen-bond donors (Lipinski definition) is 0. The highest BCUT2D eigenvalue weighted by atomic mass is 16.6. The third-order valence-corrected chi connectivity index (χ3v) is 2.16. The molecule has 0 fully saturated rings. The van der Waals surface area contributed by atoms with Crippen LogP contribution in [0.4, 0.5) is 0 Å². The van der Waals surface area contributed by atoms with E-state index in [4.69, 9.17) is 9.47 Å². The molecular formula is C11H13NO2. The van der Waals surface area contributed by atoms with E-state index in [0.29, 0.717) is 12.5 Å². The van der Waals surface area contributed by atoms with Crippen molar-refractivity contribution in [2.75, 3.05) is 13.7 Å². The number of aliphatic imine (C=N–C) groups is 1. The molecule has 0 saturated carbocycles. The number of ether oxygens (including phenoxy) is 2. The summed E-state index contributed by atoms with van der Waals surface area (Å²) in [5, 5.41) is 0. The Morgan fingerprint density at radius 2 is 2.36 bits per heavy atom. The normalized spacial score (nSPS) is 20.4. The molecule has 1 aliphatic heterocycles. The largest absolute Gasteiger partial charge is 0.473 e. The van der Waals surface area contributed by atoms with Gasteiger partial charge in [-0.25, -0.2) is 4.99 Å². The van der Waals surface area contributed by atoms with Crippen molar-refractivity contribution in [2.24, 2.45) is 4.99 Å². The molecule has 0 bridgehead atoms. The second-order valence-corrected chi connectivity index (χ2v) is 3.31. The fourth-order valence-corrected chi connectivity index (χ4v) is 1.41. The molecule has 0 aromatic heterocycles. The number of nitrogens with zero attached hydrogens (tertiary/aromatic N) is 1. The molecule has 1 heterocycles. The Balaban J connectivity index is 2.24. The van der Waals surface area contributed by atoms with Crippen LogP contribution in [0.1, 0.15) is 11.1 Å². The first-order valence-corrected chi connectivity index (χ1v) is 4.60. The van der Waals surface area contributed by atoms with Gasteiger partial charge in [-0.1, -0.05) is 17.7 Å². The molecule has 1 atom stereocenters. The van der Waals surface area contributed by atoms with E-state index in [1.165, 1.54) is 5.56 Å². The van der Waals surface area contributed by atoms with Crippen molar-refractivity contribution < 1.29 is 9.47 Å². The smallest absolute Gasteiger partial charge is 0.218 e. The first-order valence-electron chi connectivity index (χ1n) is 4.60. The predicted octanol–water partition coefficient (Wildman–Crippen LogP) is 1.74. The van der Waals surface area contributed by atoms with Gasteiger partial charge in [0.1, 0.15) is 6.61 Å². The third-order valence-electron chi connectivity index (χ3n) is 2.16. The molecule has 0 spiro atoms. The van der Waals surface area contributed by atoms with Crippen LogP contribution < -0.4 is 0 Å². The van der Waals surface area contributed by atoms with Crippen LogP contribution in [0.15, 0.2) is 29.3 Å². The van der Waals surface area contributed by atoms with Gasteiger partial charge >= 0.3 is 0 Å². The highest BCUT2D eigenvalue weighted by Crippen LogP contribution is 2.13. The molecule has 1 unspecified atom stereocenters. The van der Waals surface area contributed by atoms with Crippen LogP contribution in [-0.2, 0) is 9.47 Å². The summed E-state index contributed by atoms with van der Waals surface area (Å²) in [5.41, 5.74) is 2.22. The maximum absolute atomic E-state index is 5.42. The summed E-state index contributed by atoms with van der Waals surface area (Å²) < 4.78 is 10.5. The number of methoxy groups -OCH3 is 1. The van der Waals surface area contributed by atoms with Gasteiger partial charge in [0.05, 0.1) is 0 Å². The van der Waals surface area contributed by atoms with Gasteiger partial charge in [0.25, 0.3) is 0 Å². The zero-order valence-corrected chi connectivity index (χ0v) is 8.36. The van der Waals surface area contributed by atoms with Gasteiger partial charge in [-0.05, 0) is 19.1 Å². The predicted molar refractivity (Wildman–Crippen MR) is 54.5 cm³/mol. The van der Waals surface area contributed by atoms with Crippen LogP contribution >= 0.6 is 0 Å². The highest BCUT2D eigenvalue weighted by molar-refractivity contribution is 5.95. The lowest BCUT2D eigenvalue weighted by Gasteiger charge is -2.01. The summed E-state index contributed by atoms with van der Waals surface area (Å²) in [6.07, 6.45) is -0.148. The minimum absolute atomic E-state index is 0.148. The first kappa shape index (κ1) is 9.21. The Morgan fingerprint density at radius 3 is 3.00 bits per heavy atom. The Labute approximate surface area is 83.4 Å². The monoisotopic (exact) mass is 191 g/mol. The fourth-order valence-electron chi connectivity index (χ4n) is 1.41. The standard InChI is InChI=1S/C11H13NO2/c1-8-4-3-5-9(6-8)11-12-10(13-2)7-14-11/h3-6,10H,7H2,1-2H3. The Kier molecular flexibility index (Phi) is 2.50. The summed E-state index contributed by atoms with van der Waals surface area (Å²) >= 11 is 0. The van der Waals surface area contributed by atoms with Gasteiger partial charge in [-0.15, -0.1) is 0 Å². The van der Waals surface area contributed by atoms with Crippen LogP contribution in [-0.4, -0.2) is 25.8 Å². The van der Waals surface area contributed by atoms with Gasteiger partial charge in [0.2, 0.25) is 5.90 Å². The maximum atomic E-state index is 5.42. The van der Waals surface area contributed by atoms with E-state index in [1.54, 1.807) is 7.11 Å². The van der Waals surface area contributed by atoms with E-state index in [0.717, 1.165) is 5.56 Å². The molecule has 1 aliphatic rings. The number of hydrogen-bond acceptors (Lipinski definition) is 3. The van der Waals surface area contributed by atoms with Crippen LogP contribution in [0.5, 0.6) is 0 Å². The molecule has 0 amide bonds. The molecule has 3 nitrogen and oxygen atoms in total. The van der Waals surface area contributed by atoms with E-state index in [2.05, 4.69) is 11.1 Å². The van der Waals surface area contributed by atoms with E-state index in [1.807, 2.05) is 25.1 Å². The Morgan fingerprint density at radius 1 is 1.50 bits per heavy atom. The quantitative estimate of drug-likeness (QED) is 0.713. The summed E-state index contributed by atoms with van der Waals surface area (Å²) in [6, 6.07) is 8.09. The van der Waals surface area contributed by atoms with E-state index >= 15 is 0 Å². The molecule has 0 radical (unpaired) electrons. The zero-order chi connectivity index (χ0) is 9.97. The van der Waals surface area contributed by atoms with Crippen LogP contribution in [0.25, 0.3) is 0 Å². The number of benzene rings is 1. The van der Waals surface area contributed by atoms with E-state index in [9.17, 15) is 0 Å². The number of rotatable bonds is 2. The lowest BCUT2D eigenvalue weighted by Crippen LogP contribution is -2.07. The molecule has 1 aromatic carbocycles. The van der Waals surface area contributed by atoms with E-state index < -0.39 is 0 Å². The lowest BCUT2D eigenvalue weighted by atomic mass is 10.1. The fraction of sp³-hybridized carbons (Fsp3) is 0.364. The van der Waals surface area contributed by atoms with Crippen molar-refractivity contribution in [3.05, 3.63) is 35.4 Å². The summed E-state index contributed by atoms with van der Waals surface area (Å²) in [7, 11) is 1.64. The molecule has 2 rings (SSSR count). The molecule has 1 aromatic rings. The number of aryl methyl sites for hydroxylation is 1. The molecule has 3 heteroatoms. The minimum atomic E-state index is -0.148. The van der Waals surface area contributed by atoms with Gasteiger partial charge in [0, 0.05) is 12.7 Å². The molecule has 0 aliphatic carbocycles. The van der Waals surface area contributed by atoms with Crippen molar-refractivity contribution in [1.82, 2.24) is 0 Å². The molecule has 14 heavy (non-hydrogen) atoms. The van der Waals surface area contributed by atoms with Crippen LogP contribution in [0.3, 0.4) is 0 Å². The van der Waals surface area contributed by atoms with Crippen molar-refractivity contribution in [1.29, 1.82) is 0 Å². The molecule has 0 N–H and O–H groups in total.